The highest BCUT2D eigenvalue weighted by atomic mass is 16.5. The Kier molecular flexibility index (Phi) is 6.97. The van der Waals surface area contributed by atoms with E-state index in [2.05, 4.69) is 10.6 Å². The molecule has 0 spiro atoms. The molecule has 2 unspecified atom stereocenters. The van der Waals surface area contributed by atoms with Crippen LogP contribution in [0, 0.1) is 23.7 Å². The third kappa shape index (κ3) is 5.60. The predicted octanol–water partition coefficient (Wildman–Crippen LogP) is 3.95. The van der Waals surface area contributed by atoms with Gasteiger partial charge in [-0.25, -0.2) is 4.79 Å². The lowest BCUT2D eigenvalue weighted by Crippen LogP contribution is -2.61. The van der Waals surface area contributed by atoms with Gasteiger partial charge in [0.25, 0.3) is 5.91 Å². The number of ether oxygens (including phenoxy) is 1. The van der Waals surface area contributed by atoms with Crippen LogP contribution >= 0.6 is 0 Å². The molecule has 1 saturated heterocycles. The molecule has 192 valence electrons. The van der Waals surface area contributed by atoms with E-state index in [9.17, 15) is 14.7 Å². The van der Waals surface area contributed by atoms with Gasteiger partial charge in [-0.15, -0.1) is 0 Å². The van der Waals surface area contributed by atoms with Crippen LogP contribution in [0.4, 0.5) is 4.79 Å². The van der Waals surface area contributed by atoms with Crippen LogP contribution in [0.2, 0.25) is 0 Å². The SMILES string of the molecule is CC(C)NC(=O)N1CCC(CCOc2ccc(C(=O)NC3C4CC5CC3CC(O)(C5)C4)cc2)CC1. The Morgan fingerprint density at radius 2 is 1.74 bits per heavy atom. The predicted molar refractivity (Wildman–Crippen MR) is 134 cm³/mol. The first kappa shape index (κ1) is 24.4. The molecule has 7 heteroatoms. The molecule has 2 atom stereocenters. The summed E-state index contributed by atoms with van der Waals surface area (Å²) < 4.78 is 5.96. The summed E-state index contributed by atoms with van der Waals surface area (Å²) in [6, 6.07) is 7.86. The monoisotopic (exact) mass is 483 g/mol. The third-order valence-electron chi connectivity index (χ3n) is 8.76. The molecule has 0 radical (unpaired) electrons. The average Bonchev–Trinajstić information content (AvgIpc) is 2.80. The quantitative estimate of drug-likeness (QED) is 0.548. The van der Waals surface area contributed by atoms with Crippen molar-refractivity contribution < 1.29 is 19.4 Å². The zero-order chi connectivity index (χ0) is 24.6. The average molecular weight is 484 g/mol. The number of nitrogens with zero attached hydrogens (tertiary/aromatic N) is 1. The number of benzene rings is 1. The molecule has 1 heterocycles. The molecule has 4 aliphatic carbocycles. The minimum absolute atomic E-state index is 0.0192. The second kappa shape index (κ2) is 10.00. The van der Waals surface area contributed by atoms with E-state index in [0.717, 1.165) is 70.2 Å². The highest BCUT2D eigenvalue weighted by Gasteiger charge is 2.55. The minimum atomic E-state index is -0.476. The molecule has 1 aromatic carbocycles. The number of rotatable bonds is 7. The Hall–Kier alpha value is -2.28. The summed E-state index contributed by atoms with van der Waals surface area (Å²) in [5, 5.41) is 17.0. The first-order valence-corrected chi connectivity index (χ1v) is 13.6. The van der Waals surface area contributed by atoms with E-state index >= 15 is 0 Å². The van der Waals surface area contributed by atoms with Gasteiger partial charge in [0.1, 0.15) is 5.75 Å². The second-order valence-corrected chi connectivity index (χ2v) is 11.9. The number of hydrogen-bond donors (Lipinski definition) is 3. The molecule has 1 aromatic rings. The van der Waals surface area contributed by atoms with Gasteiger partial charge in [-0.1, -0.05) is 0 Å². The van der Waals surface area contributed by atoms with E-state index in [4.69, 9.17) is 4.74 Å². The standard InChI is InChI=1S/C28H41N3O4/c1-18(2)29-27(33)31-10-7-19(8-11-31)9-12-35-24-5-3-21(4-6-24)26(32)30-25-22-13-20-14-23(25)17-28(34,15-20)16-22/h3-6,18-20,22-23,25,34H,7-17H2,1-2H3,(H,29,33)(H,30,32). The van der Waals surface area contributed by atoms with Crippen molar-refractivity contribution in [3.63, 3.8) is 0 Å². The maximum atomic E-state index is 12.9. The molecule has 6 rings (SSSR count). The van der Waals surface area contributed by atoms with E-state index in [0.29, 0.717) is 35.8 Å². The van der Waals surface area contributed by atoms with Crippen molar-refractivity contribution in [2.45, 2.75) is 82.9 Å². The van der Waals surface area contributed by atoms with Crippen LogP contribution in [0.5, 0.6) is 5.75 Å². The van der Waals surface area contributed by atoms with Gasteiger partial charge < -0.3 is 25.4 Å². The zero-order valence-electron chi connectivity index (χ0n) is 21.2. The number of amides is 3. The Labute approximate surface area is 209 Å². The molecule has 1 aliphatic heterocycles. The Balaban J connectivity index is 1.04. The maximum absolute atomic E-state index is 12.9. The number of likely N-dealkylation sites (tertiary alicyclic amines) is 1. The molecule has 3 amide bonds. The Morgan fingerprint density at radius 3 is 2.34 bits per heavy atom. The minimum Gasteiger partial charge on any atom is -0.494 e. The van der Waals surface area contributed by atoms with E-state index in [-0.39, 0.29) is 24.0 Å². The van der Waals surface area contributed by atoms with Gasteiger partial charge in [-0.3, -0.25) is 4.79 Å². The molecular formula is C28H41N3O4. The van der Waals surface area contributed by atoms with Gasteiger partial charge in [-0.2, -0.15) is 0 Å². The number of carbonyl (C=O) groups is 2. The molecule has 4 saturated carbocycles. The van der Waals surface area contributed by atoms with Crippen molar-refractivity contribution in [2.24, 2.45) is 23.7 Å². The van der Waals surface area contributed by atoms with Gasteiger partial charge in [0.05, 0.1) is 12.2 Å². The van der Waals surface area contributed by atoms with Crippen molar-refractivity contribution in [1.82, 2.24) is 15.5 Å². The van der Waals surface area contributed by atoms with Gasteiger partial charge in [0.15, 0.2) is 0 Å². The second-order valence-electron chi connectivity index (χ2n) is 11.9. The number of nitrogens with one attached hydrogen (secondary N) is 2. The van der Waals surface area contributed by atoms with E-state index in [1.54, 1.807) is 0 Å². The van der Waals surface area contributed by atoms with Crippen molar-refractivity contribution in [1.29, 1.82) is 0 Å². The molecule has 3 N–H and O–H groups in total. The summed E-state index contributed by atoms with van der Waals surface area (Å²) in [5.74, 6) is 2.80. The smallest absolute Gasteiger partial charge is 0.317 e. The summed E-state index contributed by atoms with van der Waals surface area (Å²) >= 11 is 0. The van der Waals surface area contributed by atoms with Crippen molar-refractivity contribution in [3.05, 3.63) is 29.8 Å². The van der Waals surface area contributed by atoms with Crippen LogP contribution in [0.1, 0.15) is 75.6 Å². The lowest BCUT2D eigenvalue weighted by atomic mass is 9.52. The molecule has 7 nitrogen and oxygen atoms in total. The third-order valence-corrected chi connectivity index (χ3v) is 8.76. The maximum Gasteiger partial charge on any atom is 0.317 e. The van der Waals surface area contributed by atoms with Crippen LogP contribution in [0.15, 0.2) is 24.3 Å². The summed E-state index contributed by atoms with van der Waals surface area (Å²) in [7, 11) is 0. The largest absolute Gasteiger partial charge is 0.494 e. The topological polar surface area (TPSA) is 90.9 Å². The number of piperidine rings is 1. The summed E-state index contributed by atoms with van der Waals surface area (Å²) in [5.41, 5.74) is 0.188. The van der Waals surface area contributed by atoms with Crippen molar-refractivity contribution in [2.75, 3.05) is 19.7 Å². The fourth-order valence-electron chi connectivity index (χ4n) is 7.26. The summed E-state index contributed by atoms with van der Waals surface area (Å²) in [4.78, 5) is 27.0. The number of carbonyl (C=O) groups excluding carboxylic acids is 2. The number of hydrogen-bond acceptors (Lipinski definition) is 4. The van der Waals surface area contributed by atoms with E-state index < -0.39 is 5.60 Å². The molecule has 4 bridgehead atoms. The van der Waals surface area contributed by atoms with Crippen LogP contribution in [-0.2, 0) is 0 Å². The Morgan fingerprint density at radius 1 is 1.09 bits per heavy atom. The summed E-state index contributed by atoms with van der Waals surface area (Å²) in [6.07, 6.45) is 7.90. The fourth-order valence-corrected chi connectivity index (χ4v) is 7.26. The van der Waals surface area contributed by atoms with Crippen molar-refractivity contribution in [3.8, 4) is 5.75 Å². The highest BCUT2D eigenvalue weighted by molar-refractivity contribution is 5.94. The van der Waals surface area contributed by atoms with Gasteiger partial charge >= 0.3 is 6.03 Å². The normalized spacial score (nSPS) is 32.1. The van der Waals surface area contributed by atoms with Crippen LogP contribution in [0.25, 0.3) is 0 Å². The fraction of sp³-hybridized carbons (Fsp3) is 0.714. The highest BCUT2D eigenvalue weighted by Crippen LogP contribution is 2.55. The zero-order valence-corrected chi connectivity index (χ0v) is 21.2. The Bertz CT molecular complexity index is 893. The molecule has 5 fully saturated rings. The molecule has 0 aromatic heterocycles. The van der Waals surface area contributed by atoms with Gasteiger partial charge in [-0.05, 0) is 113 Å². The molecular weight excluding hydrogens is 442 g/mol. The number of urea groups is 1. The van der Waals surface area contributed by atoms with E-state index in [1.165, 1.54) is 0 Å². The van der Waals surface area contributed by atoms with Gasteiger partial charge in [0.2, 0.25) is 0 Å². The van der Waals surface area contributed by atoms with E-state index in [1.807, 2.05) is 43.0 Å². The molecule has 5 aliphatic rings. The van der Waals surface area contributed by atoms with Crippen LogP contribution in [0.3, 0.4) is 0 Å². The lowest BCUT2D eigenvalue weighted by Gasteiger charge is -2.58. The first-order chi connectivity index (χ1) is 16.8. The lowest BCUT2D eigenvalue weighted by molar-refractivity contribution is -0.136. The van der Waals surface area contributed by atoms with Crippen LogP contribution < -0.4 is 15.4 Å². The number of aliphatic hydroxyl groups is 1. The summed E-state index contributed by atoms with van der Waals surface area (Å²) in [6.45, 7) is 6.21. The van der Waals surface area contributed by atoms with Crippen molar-refractivity contribution >= 4 is 11.9 Å². The first-order valence-electron chi connectivity index (χ1n) is 13.6. The molecule has 35 heavy (non-hydrogen) atoms. The van der Waals surface area contributed by atoms with Gasteiger partial charge in [0, 0.05) is 30.7 Å². The van der Waals surface area contributed by atoms with Crippen LogP contribution in [-0.4, -0.2) is 59.3 Å².